The number of thioether (sulfide) groups is 1. The molecule has 9 nitrogen and oxygen atoms in total. The van der Waals surface area contributed by atoms with Crippen LogP contribution in [0.1, 0.15) is 44.2 Å². The van der Waals surface area contributed by atoms with Crippen molar-refractivity contribution in [3.63, 3.8) is 0 Å². The van der Waals surface area contributed by atoms with E-state index in [1.165, 1.54) is 22.1 Å². The molecule has 1 aliphatic carbocycles. The lowest BCUT2D eigenvalue weighted by atomic mass is 10.2. The standard InChI is InChI=1S/C27H31ClN4O5S2/c1-17-7-9-20(16-24(17)39(35,36)31-11-13-37-14-12-31)29-25(33)18(2)38-27-30-23-15-19(28)8-10-22(23)26(34)32(27)21-5-3-4-6-21/h7-10,15-16,18,21H,3-6,11-14H2,1-2H3,(H,29,33). The van der Waals surface area contributed by atoms with Gasteiger partial charge in [-0.15, -0.1) is 0 Å². The number of rotatable bonds is 7. The topological polar surface area (TPSA) is 111 Å². The van der Waals surface area contributed by atoms with Crippen LogP contribution in [0.4, 0.5) is 5.69 Å². The van der Waals surface area contributed by atoms with Gasteiger partial charge in [-0.25, -0.2) is 13.4 Å². The second-order valence-electron chi connectivity index (χ2n) is 9.92. The number of morpholine rings is 1. The number of fused-ring (bicyclic) bond motifs is 1. The average molecular weight is 591 g/mol. The van der Waals surface area contributed by atoms with Gasteiger partial charge < -0.3 is 10.1 Å². The molecule has 2 fully saturated rings. The van der Waals surface area contributed by atoms with Crippen molar-refractivity contribution in [2.75, 3.05) is 31.6 Å². The van der Waals surface area contributed by atoms with Crippen LogP contribution in [-0.4, -0.2) is 59.7 Å². The van der Waals surface area contributed by atoms with Crippen molar-refractivity contribution in [1.82, 2.24) is 13.9 Å². The molecular weight excluding hydrogens is 560 g/mol. The summed E-state index contributed by atoms with van der Waals surface area (Å²) in [7, 11) is -3.73. The number of hydrogen-bond acceptors (Lipinski definition) is 7. The van der Waals surface area contributed by atoms with Crippen LogP contribution in [0, 0.1) is 6.92 Å². The van der Waals surface area contributed by atoms with Gasteiger partial charge in [0.2, 0.25) is 15.9 Å². The molecule has 1 atom stereocenters. The minimum Gasteiger partial charge on any atom is -0.379 e. The minimum atomic E-state index is -3.73. The smallest absolute Gasteiger partial charge is 0.262 e. The van der Waals surface area contributed by atoms with E-state index in [4.69, 9.17) is 21.3 Å². The lowest BCUT2D eigenvalue weighted by Crippen LogP contribution is -2.40. The number of aromatic nitrogens is 2. The second kappa shape index (κ2) is 11.6. The Hall–Kier alpha value is -2.44. The first-order chi connectivity index (χ1) is 18.6. The van der Waals surface area contributed by atoms with Crippen LogP contribution in [-0.2, 0) is 19.6 Å². The maximum atomic E-state index is 13.5. The molecule has 2 heterocycles. The van der Waals surface area contributed by atoms with E-state index in [1.54, 1.807) is 48.7 Å². The van der Waals surface area contributed by atoms with E-state index in [-0.39, 0.29) is 22.4 Å². The first-order valence-electron chi connectivity index (χ1n) is 13.0. The van der Waals surface area contributed by atoms with Crippen molar-refractivity contribution in [3.8, 4) is 0 Å². The van der Waals surface area contributed by atoms with E-state index in [1.807, 2.05) is 0 Å². The molecule has 1 amide bonds. The highest BCUT2D eigenvalue weighted by Crippen LogP contribution is 2.34. The van der Waals surface area contributed by atoms with Crippen LogP contribution >= 0.6 is 23.4 Å². The van der Waals surface area contributed by atoms with Gasteiger partial charge in [-0.2, -0.15) is 4.31 Å². The molecule has 5 rings (SSSR count). The predicted molar refractivity (Wildman–Crippen MR) is 153 cm³/mol. The third-order valence-corrected chi connectivity index (χ3v) is 10.6. The van der Waals surface area contributed by atoms with Crippen LogP contribution in [0.3, 0.4) is 0 Å². The Labute approximate surface area is 236 Å². The molecule has 1 unspecified atom stereocenters. The van der Waals surface area contributed by atoms with Gasteiger partial charge in [0.25, 0.3) is 5.56 Å². The van der Waals surface area contributed by atoms with Crippen molar-refractivity contribution < 1.29 is 17.9 Å². The van der Waals surface area contributed by atoms with Crippen LogP contribution in [0.25, 0.3) is 10.9 Å². The van der Waals surface area contributed by atoms with Gasteiger partial charge in [0, 0.05) is 29.8 Å². The number of carbonyl (C=O) groups excluding carboxylic acids is 1. The molecule has 0 radical (unpaired) electrons. The molecule has 0 bridgehead atoms. The molecule has 3 aromatic rings. The lowest BCUT2D eigenvalue weighted by Gasteiger charge is -2.27. The molecule has 1 aromatic heterocycles. The summed E-state index contributed by atoms with van der Waals surface area (Å²) in [4.78, 5) is 31.6. The number of amides is 1. The van der Waals surface area contributed by atoms with E-state index >= 15 is 0 Å². The van der Waals surface area contributed by atoms with E-state index in [0.29, 0.717) is 58.6 Å². The van der Waals surface area contributed by atoms with Crippen LogP contribution in [0.5, 0.6) is 0 Å². The van der Waals surface area contributed by atoms with E-state index < -0.39 is 15.3 Å². The fraction of sp³-hybridized carbons (Fsp3) is 0.444. The number of nitrogens with one attached hydrogen (secondary N) is 1. The highest BCUT2D eigenvalue weighted by atomic mass is 35.5. The van der Waals surface area contributed by atoms with Gasteiger partial charge >= 0.3 is 0 Å². The van der Waals surface area contributed by atoms with Crippen LogP contribution in [0.2, 0.25) is 5.02 Å². The van der Waals surface area contributed by atoms with Gasteiger partial charge in [0.15, 0.2) is 5.16 Å². The maximum absolute atomic E-state index is 13.5. The zero-order chi connectivity index (χ0) is 27.7. The van der Waals surface area contributed by atoms with E-state index in [2.05, 4.69) is 5.32 Å². The Morgan fingerprint density at radius 1 is 1.15 bits per heavy atom. The zero-order valence-electron chi connectivity index (χ0n) is 21.9. The molecule has 1 N–H and O–H groups in total. The first kappa shape index (κ1) is 28.1. The number of sulfonamides is 1. The highest BCUT2D eigenvalue weighted by molar-refractivity contribution is 8.00. The molecule has 12 heteroatoms. The zero-order valence-corrected chi connectivity index (χ0v) is 24.2. The fourth-order valence-electron chi connectivity index (χ4n) is 5.06. The largest absolute Gasteiger partial charge is 0.379 e. The van der Waals surface area contributed by atoms with Crippen LogP contribution in [0.15, 0.2) is 51.2 Å². The summed E-state index contributed by atoms with van der Waals surface area (Å²) < 4.78 is 34.9. The number of aryl methyl sites for hydroxylation is 1. The third-order valence-electron chi connectivity index (χ3n) is 7.22. The summed E-state index contributed by atoms with van der Waals surface area (Å²) in [6, 6.07) is 9.95. The molecule has 208 valence electrons. The Bertz CT molecular complexity index is 1560. The Morgan fingerprint density at radius 2 is 1.87 bits per heavy atom. The Balaban J connectivity index is 1.40. The van der Waals surface area contributed by atoms with Crippen molar-refractivity contribution in [3.05, 3.63) is 57.3 Å². The number of nitrogens with zero attached hydrogens (tertiary/aromatic N) is 3. The number of halogens is 1. The second-order valence-corrected chi connectivity index (χ2v) is 13.6. The molecule has 1 saturated heterocycles. The third kappa shape index (κ3) is 5.88. The summed E-state index contributed by atoms with van der Waals surface area (Å²) >= 11 is 7.38. The van der Waals surface area contributed by atoms with Crippen molar-refractivity contribution >= 4 is 55.9 Å². The average Bonchev–Trinajstić information content (AvgIpc) is 3.44. The van der Waals surface area contributed by atoms with Crippen molar-refractivity contribution in [2.24, 2.45) is 0 Å². The number of carbonyl (C=O) groups is 1. The summed E-state index contributed by atoms with van der Waals surface area (Å²) in [6.45, 7) is 4.76. The van der Waals surface area contributed by atoms with Gasteiger partial charge in [-0.1, -0.05) is 42.3 Å². The van der Waals surface area contributed by atoms with Gasteiger partial charge in [0.1, 0.15) is 0 Å². The molecule has 39 heavy (non-hydrogen) atoms. The fourth-order valence-corrected chi connectivity index (χ4v) is 7.86. The normalized spacial score (nSPS) is 17.9. The van der Waals surface area contributed by atoms with Gasteiger partial charge in [-0.3, -0.25) is 14.2 Å². The van der Waals surface area contributed by atoms with E-state index in [0.717, 1.165) is 25.7 Å². The van der Waals surface area contributed by atoms with Gasteiger partial charge in [0.05, 0.1) is 34.3 Å². The summed E-state index contributed by atoms with van der Waals surface area (Å²) in [5.74, 6) is -0.322. The van der Waals surface area contributed by atoms with Gasteiger partial charge in [-0.05, 0) is 62.6 Å². The summed E-state index contributed by atoms with van der Waals surface area (Å²) in [6.07, 6.45) is 3.86. The highest BCUT2D eigenvalue weighted by Gasteiger charge is 2.29. The number of hydrogen-bond donors (Lipinski definition) is 1. The Kier molecular flexibility index (Phi) is 8.34. The number of ether oxygens (including phenoxy) is 1. The quantitative estimate of drug-likeness (QED) is 0.316. The number of anilines is 1. The Morgan fingerprint density at radius 3 is 2.59 bits per heavy atom. The number of benzene rings is 2. The molecule has 1 aliphatic heterocycles. The lowest BCUT2D eigenvalue weighted by molar-refractivity contribution is -0.115. The molecule has 0 spiro atoms. The van der Waals surface area contributed by atoms with E-state index in [9.17, 15) is 18.0 Å². The van der Waals surface area contributed by atoms with Crippen molar-refractivity contribution in [1.29, 1.82) is 0 Å². The maximum Gasteiger partial charge on any atom is 0.262 e. The molecular formula is C27H31ClN4O5S2. The van der Waals surface area contributed by atoms with Crippen molar-refractivity contribution in [2.45, 2.75) is 60.9 Å². The molecule has 2 aromatic carbocycles. The predicted octanol–water partition coefficient (Wildman–Crippen LogP) is 4.61. The first-order valence-corrected chi connectivity index (χ1v) is 15.7. The molecule has 2 aliphatic rings. The monoisotopic (exact) mass is 590 g/mol. The summed E-state index contributed by atoms with van der Waals surface area (Å²) in [5.41, 5.74) is 1.35. The SMILES string of the molecule is Cc1ccc(NC(=O)C(C)Sc2nc3cc(Cl)ccc3c(=O)n2C2CCCC2)cc1S(=O)(=O)N1CCOCC1. The minimum absolute atomic E-state index is 0.0351. The van der Waals surface area contributed by atoms with Crippen LogP contribution < -0.4 is 10.9 Å². The molecule has 1 saturated carbocycles. The summed E-state index contributed by atoms with van der Waals surface area (Å²) in [5, 5.41) is 3.70.